The first-order chi connectivity index (χ1) is 10.3. The lowest BCUT2D eigenvalue weighted by molar-refractivity contribution is 0.0776. The van der Waals surface area contributed by atoms with Crippen molar-refractivity contribution in [1.82, 2.24) is 4.90 Å². The number of ketones is 1. The van der Waals surface area contributed by atoms with Gasteiger partial charge in [-0.3, -0.25) is 9.69 Å². The van der Waals surface area contributed by atoms with Crippen molar-refractivity contribution in [3.63, 3.8) is 0 Å². The number of carbonyl (C=O) groups is 1. The summed E-state index contributed by atoms with van der Waals surface area (Å²) in [5.74, 6) is 2.45. The van der Waals surface area contributed by atoms with E-state index in [2.05, 4.69) is 4.90 Å². The van der Waals surface area contributed by atoms with Gasteiger partial charge >= 0.3 is 0 Å². The quantitative estimate of drug-likeness (QED) is 0.801. The van der Waals surface area contributed by atoms with Crippen molar-refractivity contribution in [3.05, 3.63) is 23.8 Å². The minimum absolute atomic E-state index is 0.195. The van der Waals surface area contributed by atoms with Gasteiger partial charge in [0.25, 0.3) is 0 Å². The predicted molar refractivity (Wildman–Crippen MR) is 78.8 cm³/mol. The van der Waals surface area contributed by atoms with Gasteiger partial charge in [-0.25, -0.2) is 0 Å². The molecule has 4 heteroatoms. The number of hydrogen-bond acceptors (Lipinski definition) is 4. The Balaban J connectivity index is 1.47. The molecule has 0 N–H and O–H groups in total. The molecule has 0 amide bonds. The maximum absolute atomic E-state index is 12.6. The van der Waals surface area contributed by atoms with Gasteiger partial charge in [-0.1, -0.05) is 6.42 Å². The zero-order valence-electron chi connectivity index (χ0n) is 12.2. The summed E-state index contributed by atoms with van der Waals surface area (Å²) in [6.07, 6.45) is 6.51. The fourth-order valence-electron chi connectivity index (χ4n) is 4.10. The van der Waals surface area contributed by atoms with Crippen LogP contribution in [0, 0.1) is 5.92 Å². The van der Waals surface area contributed by atoms with Crippen molar-refractivity contribution < 1.29 is 14.3 Å². The molecular weight excluding hydrogens is 266 g/mol. The average molecular weight is 287 g/mol. The lowest BCUT2D eigenvalue weighted by Crippen LogP contribution is -2.45. The molecule has 4 nitrogen and oxygen atoms in total. The van der Waals surface area contributed by atoms with Crippen LogP contribution in [0.3, 0.4) is 0 Å². The fraction of sp³-hybridized carbons (Fsp3) is 0.588. The molecule has 1 aromatic rings. The summed E-state index contributed by atoms with van der Waals surface area (Å²) in [5.41, 5.74) is 0.736. The summed E-state index contributed by atoms with van der Waals surface area (Å²) in [7, 11) is 0. The molecule has 1 saturated heterocycles. The van der Waals surface area contributed by atoms with Crippen LogP contribution >= 0.6 is 0 Å². The molecule has 4 rings (SSSR count). The smallest absolute Gasteiger partial charge is 0.231 e. The van der Waals surface area contributed by atoms with Crippen LogP contribution < -0.4 is 9.47 Å². The third-order valence-electron chi connectivity index (χ3n) is 5.15. The number of rotatable bonds is 3. The number of benzene rings is 1. The zero-order valence-corrected chi connectivity index (χ0v) is 12.2. The number of carbonyl (C=O) groups excluding carboxylic acids is 1. The van der Waals surface area contributed by atoms with E-state index in [4.69, 9.17) is 9.47 Å². The lowest BCUT2D eigenvalue weighted by atomic mass is 9.91. The molecule has 0 bridgehead atoms. The second-order valence-corrected chi connectivity index (χ2v) is 6.36. The van der Waals surface area contributed by atoms with Gasteiger partial charge in [-0.05, 0) is 56.3 Å². The number of fused-ring (bicyclic) bond motifs is 2. The SMILES string of the molecule is O=C(CN1CCCC2CCCC21)c1ccc2c(c1)OCO2. The molecule has 21 heavy (non-hydrogen) atoms. The molecule has 1 aliphatic carbocycles. The molecule has 3 aliphatic rings. The van der Waals surface area contributed by atoms with Crippen LogP contribution in [0.25, 0.3) is 0 Å². The van der Waals surface area contributed by atoms with Crippen LogP contribution in [0.4, 0.5) is 0 Å². The van der Waals surface area contributed by atoms with Crippen molar-refractivity contribution in [1.29, 1.82) is 0 Å². The van der Waals surface area contributed by atoms with E-state index >= 15 is 0 Å². The van der Waals surface area contributed by atoms with E-state index in [1.165, 1.54) is 32.1 Å². The first-order valence-electron chi connectivity index (χ1n) is 7.98. The van der Waals surface area contributed by atoms with E-state index in [-0.39, 0.29) is 12.6 Å². The van der Waals surface area contributed by atoms with E-state index in [9.17, 15) is 4.79 Å². The number of Topliss-reactive ketones (excluding diaryl/α,β-unsaturated/α-hetero) is 1. The molecule has 2 fully saturated rings. The summed E-state index contributed by atoms with van der Waals surface area (Å²) in [4.78, 5) is 15.0. The van der Waals surface area contributed by atoms with Gasteiger partial charge in [0.05, 0.1) is 6.54 Å². The van der Waals surface area contributed by atoms with Gasteiger partial charge in [-0.15, -0.1) is 0 Å². The van der Waals surface area contributed by atoms with Crippen LogP contribution in [0.1, 0.15) is 42.5 Å². The van der Waals surface area contributed by atoms with Crippen molar-refractivity contribution in [3.8, 4) is 11.5 Å². The van der Waals surface area contributed by atoms with Crippen molar-refractivity contribution in [2.45, 2.75) is 38.1 Å². The van der Waals surface area contributed by atoms with E-state index in [0.717, 1.165) is 23.8 Å². The minimum atomic E-state index is 0.195. The largest absolute Gasteiger partial charge is 0.454 e. The first-order valence-corrected chi connectivity index (χ1v) is 7.98. The van der Waals surface area contributed by atoms with E-state index in [0.29, 0.717) is 18.3 Å². The molecule has 2 heterocycles. The molecular formula is C17H21NO3. The highest BCUT2D eigenvalue weighted by molar-refractivity contribution is 5.98. The summed E-state index contributed by atoms with van der Waals surface area (Å²) in [6, 6.07) is 6.15. The molecule has 0 aromatic heterocycles. The number of ether oxygens (including phenoxy) is 2. The topological polar surface area (TPSA) is 38.8 Å². The minimum Gasteiger partial charge on any atom is -0.454 e. The normalized spacial score (nSPS) is 27.6. The average Bonchev–Trinajstić information content (AvgIpc) is 3.15. The number of hydrogen-bond donors (Lipinski definition) is 0. The fourth-order valence-corrected chi connectivity index (χ4v) is 4.10. The van der Waals surface area contributed by atoms with Crippen molar-refractivity contribution in [2.24, 2.45) is 5.92 Å². The Hall–Kier alpha value is -1.55. The van der Waals surface area contributed by atoms with Gasteiger partial charge in [0.1, 0.15) is 0 Å². The van der Waals surface area contributed by atoms with Crippen LogP contribution in [-0.2, 0) is 0 Å². The van der Waals surface area contributed by atoms with Crippen LogP contribution in [0.5, 0.6) is 11.5 Å². The molecule has 2 aliphatic heterocycles. The summed E-state index contributed by atoms with van der Waals surface area (Å²) < 4.78 is 10.7. The van der Waals surface area contributed by atoms with Crippen LogP contribution in [-0.4, -0.2) is 36.6 Å². The Kier molecular flexibility index (Phi) is 3.34. The van der Waals surface area contributed by atoms with E-state index in [1.807, 2.05) is 18.2 Å². The molecule has 1 aromatic carbocycles. The first kappa shape index (κ1) is 13.1. The number of piperidine rings is 1. The maximum atomic E-state index is 12.6. The monoisotopic (exact) mass is 287 g/mol. The van der Waals surface area contributed by atoms with E-state index in [1.54, 1.807) is 0 Å². The Bertz CT molecular complexity index is 557. The van der Waals surface area contributed by atoms with Crippen molar-refractivity contribution >= 4 is 5.78 Å². The maximum Gasteiger partial charge on any atom is 0.231 e. The second kappa shape index (κ2) is 5.34. The van der Waals surface area contributed by atoms with Gasteiger partial charge in [0.2, 0.25) is 6.79 Å². The van der Waals surface area contributed by atoms with Gasteiger partial charge in [0, 0.05) is 11.6 Å². The molecule has 0 spiro atoms. The standard InChI is InChI=1S/C17H21NO3/c19-15(13-6-7-16-17(9-13)21-11-20-16)10-18-8-2-4-12-3-1-5-14(12)18/h6-7,9,12,14H,1-5,8,10-11H2. The van der Waals surface area contributed by atoms with Crippen LogP contribution in [0.2, 0.25) is 0 Å². The Labute approximate surface area is 125 Å². The Morgan fingerprint density at radius 3 is 2.95 bits per heavy atom. The van der Waals surface area contributed by atoms with Crippen LogP contribution in [0.15, 0.2) is 18.2 Å². The summed E-state index contributed by atoms with van der Waals surface area (Å²) >= 11 is 0. The third-order valence-corrected chi connectivity index (χ3v) is 5.15. The second-order valence-electron chi connectivity index (χ2n) is 6.36. The Morgan fingerprint density at radius 1 is 1.14 bits per heavy atom. The van der Waals surface area contributed by atoms with Gasteiger partial charge in [0.15, 0.2) is 17.3 Å². The summed E-state index contributed by atoms with van der Waals surface area (Å²) in [6.45, 7) is 1.86. The highest BCUT2D eigenvalue weighted by Gasteiger charge is 2.35. The number of nitrogens with zero attached hydrogens (tertiary/aromatic N) is 1. The highest BCUT2D eigenvalue weighted by atomic mass is 16.7. The highest BCUT2D eigenvalue weighted by Crippen LogP contribution is 2.37. The number of likely N-dealkylation sites (tertiary alicyclic amines) is 1. The molecule has 112 valence electrons. The molecule has 1 saturated carbocycles. The Morgan fingerprint density at radius 2 is 2.00 bits per heavy atom. The molecule has 2 atom stereocenters. The van der Waals surface area contributed by atoms with Gasteiger partial charge < -0.3 is 9.47 Å². The lowest BCUT2D eigenvalue weighted by Gasteiger charge is -2.37. The summed E-state index contributed by atoms with van der Waals surface area (Å²) in [5, 5.41) is 0. The van der Waals surface area contributed by atoms with E-state index < -0.39 is 0 Å². The third kappa shape index (κ3) is 2.42. The van der Waals surface area contributed by atoms with Crippen molar-refractivity contribution in [2.75, 3.05) is 19.9 Å². The predicted octanol–water partition coefficient (Wildman–Crippen LogP) is 2.86. The molecule has 0 radical (unpaired) electrons. The van der Waals surface area contributed by atoms with Gasteiger partial charge in [-0.2, -0.15) is 0 Å². The zero-order chi connectivity index (χ0) is 14.2. The molecule has 2 unspecified atom stereocenters.